The van der Waals surface area contributed by atoms with Crippen LogP contribution in [0.2, 0.25) is 0 Å². The molecule has 4 nitrogen and oxygen atoms in total. The van der Waals surface area contributed by atoms with Crippen molar-refractivity contribution in [3.8, 4) is 0 Å². The highest BCUT2D eigenvalue weighted by atomic mass is 16.1. The summed E-state index contributed by atoms with van der Waals surface area (Å²) in [6, 6.07) is 10.2. The Labute approximate surface area is 125 Å². The second-order valence-corrected chi connectivity index (χ2v) is 6.03. The quantitative estimate of drug-likeness (QED) is 0.790. The molecule has 1 heterocycles. The van der Waals surface area contributed by atoms with Crippen molar-refractivity contribution in [1.29, 1.82) is 0 Å². The van der Waals surface area contributed by atoms with E-state index in [9.17, 15) is 4.79 Å². The zero-order chi connectivity index (χ0) is 15.3. The monoisotopic (exact) mass is 283 g/mol. The molecular weight excluding hydrogens is 262 g/mol. The first kappa shape index (κ1) is 15.2. The summed E-state index contributed by atoms with van der Waals surface area (Å²) in [4.78, 5) is 16.5. The number of carbonyl (C=O) groups excluding carboxylic acids is 1. The van der Waals surface area contributed by atoms with Crippen LogP contribution in [0.25, 0.3) is 5.70 Å². The van der Waals surface area contributed by atoms with Gasteiger partial charge in [-0.2, -0.15) is 5.10 Å². The van der Waals surface area contributed by atoms with Crippen molar-refractivity contribution in [2.24, 2.45) is 5.41 Å². The Balaban J connectivity index is 2.16. The van der Waals surface area contributed by atoms with Gasteiger partial charge in [-0.15, -0.1) is 0 Å². The molecule has 0 amide bonds. The minimum Gasteiger partial charge on any atom is -0.292 e. The van der Waals surface area contributed by atoms with Crippen LogP contribution in [0.3, 0.4) is 0 Å². The summed E-state index contributed by atoms with van der Waals surface area (Å²) < 4.78 is 1.55. The Bertz CT molecular complexity index is 607. The fourth-order valence-electron chi connectivity index (χ4n) is 2.03. The van der Waals surface area contributed by atoms with Crippen molar-refractivity contribution < 1.29 is 4.79 Å². The van der Waals surface area contributed by atoms with E-state index < -0.39 is 5.41 Å². The van der Waals surface area contributed by atoms with Crippen molar-refractivity contribution in [1.82, 2.24) is 14.8 Å². The zero-order valence-corrected chi connectivity index (χ0v) is 12.8. The third-order valence-electron chi connectivity index (χ3n) is 3.19. The van der Waals surface area contributed by atoms with E-state index in [4.69, 9.17) is 0 Å². The van der Waals surface area contributed by atoms with Crippen molar-refractivity contribution in [2.75, 3.05) is 0 Å². The number of Topliss-reactive ketones (excluding diaryl/α,β-unsaturated/α-hetero) is 1. The molecule has 0 radical (unpaired) electrons. The van der Waals surface area contributed by atoms with Gasteiger partial charge in [-0.25, -0.2) is 9.67 Å². The highest BCUT2D eigenvalue weighted by Crippen LogP contribution is 2.22. The number of aromatic nitrogens is 3. The van der Waals surface area contributed by atoms with Gasteiger partial charge >= 0.3 is 0 Å². The first-order chi connectivity index (χ1) is 9.98. The maximum absolute atomic E-state index is 12.5. The Kier molecular flexibility index (Phi) is 4.68. The number of benzene rings is 1. The molecule has 2 rings (SSSR count). The number of rotatable bonds is 5. The molecule has 1 aromatic carbocycles. The van der Waals surface area contributed by atoms with Crippen molar-refractivity contribution >= 4 is 11.5 Å². The average Bonchev–Trinajstić information content (AvgIpc) is 2.97. The van der Waals surface area contributed by atoms with E-state index in [1.165, 1.54) is 11.9 Å². The smallest absolute Gasteiger partial charge is 0.186 e. The largest absolute Gasteiger partial charge is 0.292 e. The third kappa shape index (κ3) is 4.12. The van der Waals surface area contributed by atoms with Gasteiger partial charge in [0.1, 0.15) is 18.4 Å². The molecule has 0 aliphatic heterocycles. The summed E-state index contributed by atoms with van der Waals surface area (Å²) in [5.74, 6) is 0.0704. The van der Waals surface area contributed by atoms with Gasteiger partial charge in [-0.1, -0.05) is 57.2 Å². The fourth-order valence-corrected chi connectivity index (χ4v) is 2.03. The molecule has 0 aliphatic rings. The van der Waals surface area contributed by atoms with Gasteiger partial charge < -0.3 is 0 Å². The van der Waals surface area contributed by atoms with Crippen LogP contribution in [-0.4, -0.2) is 20.5 Å². The van der Waals surface area contributed by atoms with E-state index >= 15 is 0 Å². The molecule has 0 aliphatic carbocycles. The number of ketones is 1. The van der Waals surface area contributed by atoms with E-state index in [-0.39, 0.29) is 5.78 Å². The number of nitrogens with zero attached hydrogens (tertiary/aromatic N) is 3. The van der Waals surface area contributed by atoms with Crippen LogP contribution in [0.15, 0.2) is 49.1 Å². The first-order valence-electron chi connectivity index (χ1n) is 7.12. The number of aryl methyl sites for hydroxylation is 1. The standard InChI is InChI=1S/C17H21N3O/c1-17(2,3)16(21)15(20-13-18-12-19-20)11-7-10-14-8-5-4-6-9-14/h4-6,8-9,11-13H,7,10H2,1-3H3. The molecule has 0 saturated heterocycles. The van der Waals surface area contributed by atoms with Gasteiger partial charge in [0.25, 0.3) is 0 Å². The van der Waals surface area contributed by atoms with Gasteiger partial charge in [-0.05, 0) is 18.4 Å². The molecule has 0 bridgehead atoms. The molecule has 0 spiro atoms. The first-order valence-corrected chi connectivity index (χ1v) is 7.12. The maximum Gasteiger partial charge on any atom is 0.186 e. The molecule has 0 fully saturated rings. The normalized spacial score (nSPS) is 12.4. The fraction of sp³-hybridized carbons (Fsp3) is 0.353. The maximum atomic E-state index is 12.5. The van der Waals surface area contributed by atoms with Crippen LogP contribution in [0.4, 0.5) is 0 Å². The lowest BCUT2D eigenvalue weighted by atomic mass is 9.88. The van der Waals surface area contributed by atoms with Gasteiger partial charge in [0.15, 0.2) is 5.78 Å². The summed E-state index contributed by atoms with van der Waals surface area (Å²) in [7, 11) is 0. The van der Waals surface area contributed by atoms with Crippen molar-refractivity contribution in [3.63, 3.8) is 0 Å². The second-order valence-electron chi connectivity index (χ2n) is 6.03. The van der Waals surface area contributed by atoms with E-state index in [2.05, 4.69) is 22.2 Å². The summed E-state index contributed by atoms with van der Waals surface area (Å²) >= 11 is 0. The summed E-state index contributed by atoms with van der Waals surface area (Å²) in [6.07, 6.45) is 6.66. The molecule has 4 heteroatoms. The highest BCUT2D eigenvalue weighted by molar-refractivity contribution is 6.17. The molecule has 0 N–H and O–H groups in total. The average molecular weight is 283 g/mol. The van der Waals surface area contributed by atoms with Crippen LogP contribution in [0.1, 0.15) is 32.8 Å². The summed E-state index contributed by atoms with van der Waals surface area (Å²) in [5, 5.41) is 4.09. The van der Waals surface area contributed by atoms with Crippen LogP contribution in [0, 0.1) is 5.41 Å². The van der Waals surface area contributed by atoms with Crippen LogP contribution in [0.5, 0.6) is 0 Å². The minimum absolute atomic E-state index is 0.0704. The van der Waals surface area contributed by atoms with Crippen LogP contribution < -0.4 is 0 Å². The molecule has 110 valence electrons. The molecule has 21 heavy (non-hydrogen) atoms. The lowest BCUT2D eigenvalue weighted by Gasteiger charge is -2.18. The zero-order valence-electron chi connectivity index (χ0n) is 12.8. The highest BCUT2D eigenvalue weighted by Gasteiger charge is 2.26. The van der Waals surface area contributed by atoms with E-state index in [1.807, 2.05) is 45.0 Å². The Morgan fingerprint density at radius 2 is 1.95 bits per heavy atom. The predicted molar refractivity (Wildman–Crippen MR) is 83.5 cm³/mol. The Hall–Kier alpha value is -2.23. The predicted octanol–water partition coefficient (Wildman–Crippen LogP) is 3.37. The molecule has 2 aromatic rings. The Morgan fingerprint density at radius 1 is 1.24 bits per heavy atom. The van der Waals surface area contributed by atoms with Crippen LogP contribution >= 0.6 is 0 Å². The third-order valence-corrected chi connectivity index (χ3v) is 3.19. The lowest BCUT2D eigenvalue weighted by molar-refractivity contribution is -0.120. The summed E-state index contributed by atoms with van der Waals surface area (Å²) in [6.45, 7) is 5.74. The van der Waals surface area contributed by atoms with Gasteiger partial charge in [0.2, 0.25) is 0 Å². The minimum atomic E-state index is -0.440. The van der Waals surface area contributed by atoms with E-state index in [1.54, 1.807) is 11.0 Å². The summed E-state index contributed by atoms with van der Waals surface area (Å²) in [5.41, 5.74) is 1.41. The molecule has 0 atom stereocenters. The SMILES string of the molecule is CC(C)(C)C(=O)C(=CCCc1ccccc1)n1cncn1. The van der Waals surface area contributed by atoms with Gasteiger partial charge in [0.05, 0.1) is 0 Å². The van der Waals surface area contributed by atoms with Gasteiger partial charge in [-0.3, -0.25) is 4.79 Å². The van der Waals surface area contributed by atoms with E-state index in [0.29, 0.717) is 5.70 Å². The molecular formula is C17H21N3O. The Morgan fingerprint density at radius 3 is 2.52 bits per heavy atom. The van der Waals surface area contributed by atoms with Crippen LogP contribution in [-0.2, 0) is 11.2 Å². The molecule has 0 saturated carbocycles. The number of carbonyl (C=O) groups is 1. The molecule has 0 unspecified atom stereocenters. The van der Waals surface area contributed by atoms with Crippen molar-refractivity contribution in [3.05, 3.63) is 54.6 Å². The lowest BCUT2D eigenvalue weighted by Crippen LogP contribution is -2.24. The number of allylic oxidation sites excluding steroid dienone is 2. The number of hydrogen-bond donors (Lipinski definition) is 0. The van der Waals surface area contributed by atoms with Gasteiger partial charge in [0, 0.05) is 5.41 Å². The molecule has 1 aromatic heterocycles. The number of hydrogen-bond acceptors (Lipinski definition) is 3. The second kappa shape index (κ2) is 6.48. The van der Waals surface area contributed by atoms with Crippen molar-refractivity contribution in [2.45, 2.75) is 33.6 Å². The van der Waals surface area contributed by atoms with E-state index in [0.717, 1.165) is 12.8 Å². The topological polar surface area (TPSA) is 47.8 Å².